The number of hydrogen-bond acceptors (Lipinski definition) is 3. The first kappa shape index (κ1) is 14.7. The molecule has 1 rings (SSSR count). The Balaban J connectivity index is 2.76. The van der Waals surface area contributed by atoms with Crippen LogP contribution in [0.4, 0.5) is 5.69 Å². The smallest absolute Gasteiger partial charge is 0.227 e. The number of amides is 1. The van der Waals surface area contributed by atoms with Gasteiger partial charge in [-0.25, -0.2) is 0 Å². The number of rotatable bonds is 5. The molecule has 0 aliphatic carbocycles. The van der Waals surface area contributed by atoms with E-state index in [-0.39, 0.29) is 11.9 Å². The van der Waals surface area contributed by atoms with Gasteiger partial charge >= 0.3 is 0 Å². The first-order valence-electron chi connectivity index (χ1n) is 6.05. The number of hydrogen-bond donors (Lipinski definition) is 2. The molecule has 0 bridgehead atoms. The first-order chi connectivity index (χ1) is 8.35. The van der Waals surface area contributed by atoms with Crippen LogP contribution in [0.1, 0.15) is 38.8 Å². The standard InChI is InChI=1S/C14H22N2O2/c1-10(15)11-7-5-6-8-12(11)16-13(17)9-14(2,3)18-4/h5-8,10H,9,15H2,1-4H3,(H,16,17). The van der Waals surface area contributed by atoms with Crippen LogP contribution in [0, 0.1) is 0 Å². The average Bonchev–Trinajstić information content (AvgIpc) is 2.28. The summed E-state index contributed by atoms with van der Waals surface area (Å²) in [6, 6.07) is 7.45. The van der Waals surface area contributed by atoms with E-state index >= 15 is 0 Å². The summed E-state index contributed by atoms with van der Waals surface area (Å²) in [5.74, 6) is -0.0741. The van der Waals surface area contributed by atoms with Crippen molar-refractivity contribution < 1.29 is 9.53 Å². The maximum Gasteiger partial charge on any atom is 0.227 e. The van der Waals surface area contributed by atoms with Crippen molar-refractivity contribution in [3.05, 3.63) is 29.8 Å². The minimum Gasteiger partial charge on any atom is -0.378 e. The summed E-state index contributed by atoms with van der Waals surface area (Å²) in [5, 5.41) is 2.88. The van der Waals surface area contributed by atoms with Gasteiger partial charge in [0.2, 0.25) is 5.91 Å². The molecule has 0 saturated heterocycles. The van der Waals surface area contributed by atoms with Gasteiger partial charge in [0.1, 0.15) is 0 Å². The Kier molecular flexibility index (Phi) is 4.87. The van der Waals surface area contributed by atoms with Crippen LogP contribution in [0.2, 0.25) is 0 Å². The van der Waals surface area contributed by atoms with Crippen LogP contribution >= 0.6 is 0 Å². The number of ether oxygens (including phenoxy) is 1. The van der Waals surface area contributed by atoms with E-state index in [9.17, 15) is 4.79 Å². The van der Waals surface area contributed by atoms with Gasteiger partial charge in [0.15, 0.2) is 0 Å². The lowest BCUT2D eigenvalue weighted by Crippen LogP contribution is -2.29. The van der Waals surface area contributed by atoms with Gasteiger partial charge in [-0.3, -0.25) is 4.79 Å². The Bertz CT molecular complexity index is 414. The Labute approximate surface area is 109 Å². The summed E-state index contributed by atoms with van der Waals surface area (Å²) < 4.78 is 5.24. The van der Waals surface area contributed by atoms with Crippen molar-refractivity contribution in [1.82, 2.24) is 0 Å². The largest absolute Gasteiger partial charge is 0.378 e. The zero-order valence-electron chi connectivity index (χ0n) is 11.5. The second-order valence-electron chi connectivity index (χ2n) is 5.06. The molecule has 1 atom stereocenters. The molecule has 0 spiro atoms. The van der Waals surface area contributed by atoms with Crippen LogP contribution < -0.4 is 11.1 Å². The summed E-state index contributed by atoms with van der Waals surface area (Å²) in [6.45, 7) is 5.65. The number of nitrogens with two attached hydrogens (primary N) is 1. The van der Waals surface area contributed by atoms with Crippen LogP contribution in [-0.4, -0.2) is 18.6 Å². The summed E-state index contributed by atoms with van der Waals surface area (Å²) >= 11 is 0. The van der Waals surface area contributed by atoms with Gasteiger partial charge in [-0.1, -0.05) is 18.2 Å². The third-order valence-corrected chi connectivity index (χ3v) is 2.86. The molecule has 4 nitrogen and oxygen atoms in total. The molecule has 0 aliphatic rings. The molecular weight excluding hydrogens is 228 g/mol. The zero-order valence-corrected chi connectivity index (χ0v) is 11.5. The fourth-order valence-electron chi connectivity index (χ4n) is 1.66. The van der Waals surface area contributed by atoms with Gasteiger partial charge in [-0.15, -0.1) is 0 Å². The second kappa shape index (κ2) is 5.98. The summed E-state index contributed by atoms with van der Waals surface area (Å²) in [7, 11) is 1.60. The first-order valence-corrected chi connectivity index (χ1v) is 6.05. The van der Waals surface area contributed by atoms with Crippen LogP contribution in [-0.2, 0) is 9.53 Å². The summed E-state index contributed by atoms with van der Waals surface area (Å²) in [4.78, 5) is 11.9. The number of methoxy groups -OCH3 is 1. The normalized spacial score (nSPS) is 13.2. The number of benzene rings is 1. The predicted octanol–water partition coefficient (Wildman–Crippen LogP) is 2.46. The van der Waals surface area contributed by atoms with Crippen molar-refractivity contribution in [3.63, 3.8) is 0 Å². The lowest BCUT2D eigenvalue weighted by atomic mass is 10.0. The molecule has 0 saturated carbocycles. The van der Waals surface area contributed by atoms with Crippen molar-refractivity contribution in [2.75, 3.05) is 12.4 Å². The molecule has 0 heterocycles. The van der Waals surface area contributed by atoms with Gasteiger partial charge in [0.25, 0.3) is 0 Å². The predicted molar refractivity (Wildman–Crippen MR) is 73.4 cm³/mol. The minimum atomic E-state index is -0.465. The maximum atomic E-state index is 11.9. The highest BCUT2D eigenvalue weighted by Gasteiger charge is 2.21. The average molecular weight is 250 g/mol. The number of carbonyl (C=O) groups is 1. The molecule has 1 aromatic rings. The van der Waals surface area contributed by atoms with E-state index in [4.69, 9.17) is 10.5 Å². The third-order valence-electron chi connectivity index (χ3n) is 2.86. The van der Waals surface area contributed by atoms with Crippen LogP contribution in [0.15, 0.2) is 24.3 Å². The highest BCUT2D eigenvalue weighted by molar-refractivity contribution is 5.92. The number of anilines is 1. The fourth-order valence-corrected chi connectivity index (χ4v) is 1.66. The Morgan fingerprint density at radius 1 is 1.44 bits per heavy atom. The van der Waals surface area contributed by atoms with Crippen molar-refractivity contribution in [2.24, 2.45) is 5.73 Å². The monoisotopic (exact) mass is 250 g/mol. The van der Waals surface area contributed by atoms with Crippen molar-refractivity contribution in [1.29, 1.82) is 0 Å². The molecule has 3 N–H and O–H groups in total. The van der Waals surface area contributed by atoms with Gasteiger partial charge in [-0.2, -0.15) is 0 Å². The van der Waals surface area contributed by atoms with Crippen molar-refractivity contribution in [2.45, 2.75) is 38.8 Å². The van der Waals surface area contributed by atoms with E-state index in [1.807, 2.05) is 45.0 Å². The second-order valence-corrected chi connectivity index (χ2v) is 5.06. The van der Waals surface area contributed by atoms with E-state index in [0.29, 0.717) is 6.42 Å². The SMILES string of the molecule is COC(C)(C)CC(=O)Nc1ccccc1C(C)N. The van der Waals surface area contributed by atoms with Crippen LogP contribution in [0.3, 0.4) is 0 Å². The molecule has 0 aliphatic heterocycles. The van der Waals surface area contributed by atoms with Crippen molar-refractivity contribution in [3.8, 4) is 0 Å². The van der Waals surface area contributed by atoms with Gasteiger partial charge in [0, 0.05) is 18.8 Å². The van der Waals surface area contributed by atoms with Gasteiger partial charge in [-0.05, 0) is 32.4 Å². The molecule has 1 unspecified atom stereocenters. The molecule has 0 radical (unpaired) electrons. The molecule has 1 amide bonds. The fraction of sp³-hybridized carbons (Fsp3) is 0.500. The molecular formula is C14H22N2O2. The van der Waals surface area contributed by atoms with Crippen molar-refractivity contribution >= 4 is 11.6 Å². The molecule has 1 aromatic carbocycles. The Morgan fingerprint density at radius 2 is 2.06 bits per heavy atom. The topological polar surface area (TPSA) is 64.3 Å². The molecule has 100 valence electrons. The minimum absolute atomic E-state index is 0.0741. The van der Waals surface area contributed by atoms with E-state index in [1.165, 1.54) is 0 Å². The van der Waals surface area contributed by atoms with Gasteiger partial charge < -0.3 is 15.8 Å². The zero-order chi connectivity index (χ0) is 13.8. The van der Waals surface area contributed by atoms with E-state index in [2.05, 4.69) is 5.32 Å². The van der Waals surface area contributed by atoms with Crippen LogP contribution in [0.25, 0.3) is 0 Å². The molecule has 18 heavy (non-hydrogen) atoms. The Hall–Kier alpha value is -1.39. The molecule has 0 aromatic heterocycles. The number of carbonyl (C=O) groups excluding carboxylic acids is 1. The number of para-hydroxylation sites is 1. The lowest BCUT2D eigenvalue weighted by Gasteiger charge is -2.22. The lowest BCUT2D eigenvalue weighted by molar-refractivity contribution is -0.121. The highest BCUT2D eigenvalue weighted by Crippen LogP contribution is 2.22. The molecule has 4 heteroatoms. The quantitative estimate of drug-likeness (QED) is 0.843. The molecule has 0 fully saturated rings. The van der Waals surface area contributed by atoms with Crippen LogP contribution in [0.5, 0.6) is 0 Å². The van der Waals surface area contributed by atoms with E-state index < -0.39 is 5.60 Å². The maximum absolute atomic E-state index is 11.9. The summed E-state index contributed by atoms with van der Waals surface area (Å²) in [6.07, 6.45) is 0.302. The number of nitrogens with one attached hydrogen (secondary N) is 1. The van der Waals surface area contributed by atoms with Gasteiger partial charge in [0.05, 0.1) is 12.0 Å². The van der Waals surface area contributed by atoms with E-state index in [0.717, 1.165) is 11.3 Å². The van der Waals surface area contributed by atoms with E-state index in [1.54, 1.807) is 7.11 Å². The highest BCUT2D eigenvalue weighted by atomic mass is 16.5. The third kappa shape index (κ3) is 4.13. The Morgan fingerprint density at radius 3 is 2.61 bits per heavy atom. The summed E-state index contributed by atoms with van der Waals surface area (Å²) in [5.41, 5.74) is 7.10.